The molecule has 0 aromatic heterocycles. The number of morpholine rings is 1. The minimum absolute atomic E-state index is 0.0564. The molecule has 0 N–H and O–H groups in total. The lowest BCUT2D eigenvalue weighted by molar-refractivity contribution is -0.120. The molecule has 0 aliphatic carbocycles. The van der Waals surface area contributed by atoms with Crippen molar-refractivity contribution in [1.29, 1.82) is 0 Å². The molecular weight excluding hydrogens is 405 g/mol. The summed E-state index contributed by atoms with van der Waals surface area (Å²) in [5.74, 6) is -0.163. The van der Waals surface area contributed by atoms with Crippen LogP contribution in [0.3, 0.4) is 0 Å². The summed E-state index contributed by atoms with van der Waals surface area (Å²) in [6, 6.07) is 12.9. The van der Waals surface area contributed by atoms with Crippen molar-refractivity contribution >= 4 is 23.4 Å². The average molecular weight is 438 g/mol. The molecule has 0 saturated carbocycles. The van der Waals surface area contributed by atoms with E-state index < -0.39 is 0 Å². The molecule has 5 nitrogen and oxygen atoms in total. The highest BCUT2D eigenvalue weighted by molar-refractivity contribution is 6.07. The van der Waals surface area contributed by atoms with Gasteiger partial charge in [0.1, 0.15) is 12.4 Å². The van der Waals surface area contributed by atoms with Crippen LogP contribution >= 0.6 is 0 Å². The Bertz CT molecular complexity index is 1000. The molecule has 2 aromatic rings. The number of ether oxygens (including phenoxy) is 1. The lowest BCUT2D eigenvalue weighted by Gasteiger charge is -2.35. The van der Waals surface area contributed by atoms with E-state index in [9.17, 15) is 9.18 Å². The second-order valence-corrected chi connectivity index (χ2v) is 9.60. The van der Waals surface area contributed by atoms with Crippen LogP contribution in [-0.2, 0) is 14.9 Å². The van der Waals surface area contributed by atoms with E-state index in [0.29, 0.717) is 13.2 Å². The summed E-state index contributed by atoms with van der Waals surface area (Å²) in [7, 11) is 2.09. The summed E-state index contributed by atoms with van der Waals surface area (Å²) in [5, 5.41) is 0. The number of benzene rings is 2. The van der Waals surface area contributed by atoms with Gasteiger partial charge < -0.3 is 19.4 Å². The second-order valence-electron chi connectivity index (χ2n) is 9.60. The van der Waals surface area contributed by atoms with E-state index in [1.807, 2.05) is 12.1 Å². The molecule has 0 radical (unpaired) electrons. The van der Waals surface area contributed by atoms with Gasteiger partial charge in [-0.15, -0.1) is 0 Å². The van der Waals surface area contributed by atoms with Crippen molar-refractivity contribution in [3.05, 3.63) is 65.2 Å². The largest absolute Gasteiger partial charge is 0.486 e. The van der Waals surface area contributed by atoms with Crippen molar-refractivity contribution in [3.8, 4) is 0 Å². The van der Waals surface area contributed by atoms with Crippen LogP contribution < -0.4 is 9.80 Å². The minimum atomic E-state index is -0.280. The molecule has 2 heterocycles. The molecular formula is C26H32FN3O2. The molecule has 2 saturated heterocycles. The maximum atomic E-state index is 14.1. The number of piperazine rings is 1. The number of hydrogen-bond donors (Lipinski definition) is 0. The first-order chi connectivity index (χ1) is 15.2. The number of carbonyl (C=O) groups is 1. The van der Waals surface area contributed by atoms with Crippen LogP contribution in [0, 0.1) is 5.82 Å². The first-order valence-electron chi connectivity index (χ1n) is 11.2. The summed E-state index contributed by atoms with van der Waals surface area (Å²) in [6.45, 7) is 10.9. The SMILES string of the molecule is CN1CCN(c2cc(F)ccc2/C=C2/OCCN(c3ccc(C(C)(C)C)cc3)C2=O)CC1. The molecule has 2 fully saturated rings. The summed E-state index contributed by atoms with van der Waals surface area (Å²) < 4.78 is 19.8. The van der Waals surface area contributed by atoms with Crippen LogP contribution in [0.1, 0.15) is 31.9 Å². The predicted octanol–water partition coefficient (Wildman–Crippen LogP) is 4.28. The Labute approximate surface area is 190 Å². The number of rotatable bonds is 3. The van der Waals surface area contributed by atoms with Crippen LogP contribution in [0.15, 0.2) is 48.2 Å². The molecule has 0 spiro atoms. The fourth-order valence-electron chi connectivity index (χ4n) is 4.14. The lowest BCUT2D eigenvalue weighted by Crippen LogP contribution is -2.44. The number of likely N-dealkylation sites (N-methyl/N-ethyl adjacent to an activating group) is 1. The fourth-order valence-corrected chi connectivity index (χ4v) is 4.14. The number of nitrogens with zero attached hydrogens (tertiary/aromatic N) is 3. The minimum Gasteiger partial charge on any atom is -0.486 e. The zero-order valence-corrected chi connectivity index (χ0v) is 19.4. The van der Waals surface area contributed by atoms with Gasteiger partial charge in [-0.05, 0) is 54.4 Å². The number of halogens is 1. The number of carbonyl (C=O) groups excluding carboxylic acids is 1. The first-order valence-corrected chi connectivity index (χ1v) is 11.2. The van der Waals surface area contributed by atoms with Crippen LogP contribution in [0.25, 0.3) is 6.08 Å². The smallest absolute Gasteiger partial charge is 0.293 e. The number of amides is 1. The van der Waals surface area contributed by atoms with Gasteiger partial charge in [0.05, 0.1) is 6.54 Å². The van der Waals surface area contributed by atoms with Gasteiger partial charge in [0, 0.05) is 43.1 Å². The van der Waals surface area contributed by atoms with Crippen molar-refractivity contribution in [2.45, 2.75) is 26.2 Å². The van der Waals surface area contributed by atoms with Gasteiger partial charge in [0.15, 0.2) is 5.76 Å². The lowest BCUT2D eigenvalue weighted by atomic mass is 9.87. The zero-order valence-electron chi connectivity index (χ0n) is 19.4. The third-order valence-electron chi connectivity index (χ3n) is 6.20. The highest BCUT2D eigenvalue weighted by Crippen LogP contribution is 2.29. The molecule has 2 aliphatic rings. The third kappa shape index (κ3) is 4.80. The second kappa shape index (κ2) is 8.94. The highest BCUT2D eigenvalue weighted by atomic mass is 19.1. The van der Waals surface area contributed by atoms with Gasteiger partial charge in [-0.2, -0.15) is 0 Å². The number of anilines is 2. The Morgan fingerprint density at radius 2 is 1.66 bits per heavy atom. The molecule has 0 atom stereocenters. The first kappa shape index (κ1) is 22.3. The summed E-state index contributed by atoms with van der Waals surface area (Å²) in [5.41, 5.74) is 3.73. The highest BCUT2D eigenvalue weighted by Gasteiger charge is 2.27. The molecule has 32 heavy (non-hydrogen) atoms. The molecule has 0 bridgehead atoms. The number of hydrogen-bond acceptors (Lipinski definition) is 4. The quantitative estimate of drug-likeness (QED) is 0.672. The topological polar surface area (TPSA) is 36.0 Å². The average Bonchev–Trinajstić information content (AvgIpc) is 2.76. The molecule has 2 aromatic carbocycles. The Morgan fingerprint density at radius 1 is 0.969 bits per heavy atom. The molecule has 170 valence electrons. The van der Waals surface area contributed by atoms with Crippen molar-refractivity contribution in [2.24, 2.45) is 0 Å². The summed E-state index contributed by atoms with van der Waals surface area (Å²) in [4.78, 5) is 19.4. The van der Waals surface area contributed by atoms with Crippen LogP contribution in [0.2, 0.25) is 0 Å². The van der Waals surface area contributed by atoms with Gasteiger partial charge in [0.2, 0.25) is 0 Å². The Balaban J connectivity index is 1.60. The predicted molar refractivity (Wildman–Crippen MR) is 128 cm³/mol. The van der Waals surface area contributed by atoms with E-state index >= 15 is 0 Å². The molecule has 4 rings (SSSR count). The molecule has 2 aliphatic heterocycles. The maximum absolute atomic E-state index is 14.1. The van der Waals surface area contributed by atoms with Crippen molar-refractivity contribution in [2.75, 3.05) is 56.2 Å². The zero-order chi connectivity index (χ0) is 22.9. The molecule has 0 unspecified atom stereocenters. The maximum Gasteiger partial charge on any atom is 0.293 e. The van der Waals surface area contributed by atoms with Crippen molar-refractivity contribution in [1.82, 2.24) is 4.90 Å². The van der Waals surface area contributed by atoms with Gasteiger partial charge in [0.25, 0.3) is 5.91 Å². The van der Waals surface area contributed by atoms with E-state index in [1.54, 1.807) is 23.1 Å². The summed E-state index contributed by atoms with van der Waals surface area (Å²) >= 11 is 0. The van der Waals surface area contributed by atoms with Gasteiger partial charge in [-0.1, -0.05) is 32.9 Å². The Kier molecular flexibility index (Phi) is 6.24. The Morgan fingerprint density at radius 3 is 2.31 bits per heavy atom. The van der Waals surface area contributed by atoms with Gasteiger partial charge in [-0.25, -0.2) is 4.39 Å². The summed E-state index contributed by atoms with van der Waals surface area (Å²) in [6.07, 6.45) is 1.76. The van der Waals surface area contributed by atoms with Crippen LogP contribution in [-0.4, -0.2) is 57.2 Å². The van der Waals surface area contributed by atoms with Crippen molar-refractivity contribution in [3.63, 3.8) is 0 Å². The molecule has 1 amide bonds. The molecule has 6 heteroatoms. The Hall–Kier alpha value is -2.86. The third-order valence-corrected chi connectivity index (χ3v) is 6.20. The van der Waals surface area contributed by atoms with Crippen molar-refractivity contribution < 1.29 is 13.9 Å². The van der Waals surface area contributed by atoms with E-state index in [0.717, 1.165) is 43.1 Å². The van der Waals surface area contributed by atoms with E-state index in [-0.39, 0.29) is 22.9 Å². The van der Waals surface area contributed by atoms with E-state index in [4.69, 9.17) is 4.74 Å². The fraction of sp³-hybridized carbons (Fsp3) is 0.423. The van der Waals surface area contributed by atoms with Crippen LogP contribution in [0.5, 0.6) is 0 Å². The monoisotopic (exact) mass is 437 g/mol. The normalized spacial score (nSPS) is 19.4. The van der Waals surface area contributed by atoms with Crippen LogP contribution in [0.4, 0.5) is 15.8 Å². The van der Waals surface area contributed by atoms with Gasteiger partial charge >= 0.3 is 0 Å². The standard InChI is InChI=1S/C26H32FN3O2/c1-26(2,3)20-6-9-22(10-7-20)30-15-16-32-24(25(30)31)17-19-5-8-21(27)18-23(19)29-13-11-28(4)12-14-29/h5-10,17-18H,11-16H2,1-4H3/b24-17+. The van der Waals surface area contributed by atoms with E-state index in [1.165, 1.54) is 11.6 Å². The van der Waals surface area contributed by atoms with Gasteiger partial charge in [-0.3, -0.25) is 4.79 Å². The van der Waals surface area contributed by atoms with E-state index in [2.05, 4.69) is 49.8 Å².